The largest absolute Gasteiger partial charge is 0.354 e. The average Bonchev–Trinajstić information content (AvgIpc) is 2.69. The van der Waals surface area contributed by atoms with E-state index in [1.54, 1.807) is 12.4 Å². The molecule has 0 amide bonds. The molecule has 0 unspecified atom stereocenters. The zero-order valence-corrected chi connectivity index (χ0v) is 17.1. The van der Waals surface area contributed by atoms with Crippen LogP contribution in [0, 0.1) is 0 Å². The lowest BCUT2D eigenvalue weighted by Gasteiger charge is -2.23. The highest BCUT2D eigenvalue weighted by Gasteiger charge is 2.16. The number of hydrogen-bond acceptors (Lipinski definition) is 4. The Morgan fingerprint density at radius 1 is 1.32 bits per heavy atom. The highest BCUT2D eigenvalue weighted by molar-refractivity contribution is 6.33. The van der Waals surface area contributed by atoms with Gasteiger partial charge in [0.2, 0.25) is 5.95 Å². The predicted octanol–water partition coefficient (Wildman–Crippen LogP) is 6.11. The second kappa shape index (κ2) is 11.0. The molecular formula is C23H25ClN4. The fraction of sp³-hybridized carbons (Fsp3) is 0.217. The van der Waals surface area contributed by atoms with E-state index in [0.717, 1.165) is 30.7 Å². The second-order valence-electron chi connectivity index (χ2n) is 6.07. The normalized spacial score (nSPS) is 13.3. The molecule has 1 aromatic heterocycles. The number of anilines is 2. The lowest BCUT2D eigenvalue weighted by molar-refractivity contribution is 0.855. The Kier molecular flexibility index (Phi) is 8.33. The van der Waals surface area contributed by atoms with E-state index >= 15 is 0 Å². The Balaban J connectivity index is 2.10. The van der Waals surface area contributed by atoms with Gasteiger partial charge < -0.3 is 10.2 Å². The summed E-state index contributed by atoms with van der Waals surface area (Å²) in [5.41, 5.74) is 9.05. The summed E-state index contributed by atoms with van der Waals surface area (Å²) >= 11 is 6.36. The molecule has 0 saturated carbocycles. The van der Waals surface area contributed by atoms with Crippen molar-refractivity contribution in [3.05, 3.63) is 95.3 Å². The van der Waals surface area contributed by atoms with Crippen LogP contribution in [0.25, 0.3) is 0 Å². The quantitative estimate of drug-likeness (QED) is 0.296. The maximum atomic E-state index is 6.36. The Morgan fingerprint density at radius 2 is 2.11 bits per heavy atom. The van der Waals surface area contributed by atoms with Gasteiger partial charge in [-0.3, -0.25) is 0 Å². The predicted molar refractivity (Wildman–Crippen MR) is 119 cm³/mol. The standard InChI is InChI=1S/C23H25ClN4/c1-5-11-19(12-6-2)14-10-16-25-23-26-17-20(24)22(27-23)28(7-3)21-15-9-8-13-18(21)4/h5-7,11-13,15,17H,1,3,10,14,16H2,2,4H3,(H,25,26,27)/b12-6-,19-11+. The average molecular weight is 393 g/mol. The van der Waals surface area contributed by atoms with Crippen molar-refractivity contribution < 1.29 is 0 Å². The summed E-state index contributed by atoms with van der Waals surface area (Å²) in [4.78, 5) is 10.7. The van der Waals surface area contributed by atoms with Crippen molar-refractivity contribution in [1.29, 1.82) is 0 Å². The number of hydrogen-bond donors (Lipinski definition) is 1. The number of nitrogens with zero attached hydrogens (tertiary/aromatic N) is 3. The van der Waals surface area contributed by atoms with Crippen molar-refractivity contribution >= 4 is 23.4 Å². The van der Waals surface area contributed by atoms with Crippen LogP contribution < -0.4 is 10.2 Å². The summed E-state index contributed by atoms with van der Waals surface area (Å²) in [5, 5.41) is 3.71. The smallest absolute Gasteiger partial charge is 0.224 e. The third kappa shape index (κ3) is 5.73. The molecule has 2 rings (SSSR count). The van der Waals surface area contributed by atoms with E-state index in [-0.39, 0.29) is 0 Å². The fourth-order valence-electron chi connectivity index (χ4n) is 2.70. The first-order chi connectivity index (χ1) is 13.6. The van der Waals surface area contributed by atoms with Crippen molar-refractivity contribution in [1.82, 2.24) is 9.97 Å². The van der Waals surface area contributed by atoms with Crippen LogP contribution >= 0.6 is 11.6 Å². The van der Waals surface area contributed by atoms with Gasteiger partial charge in [-0.05, 0) is 43.9 Å². The SMILES string of the molecule is C=C/C=C(\C=C/C)CCCNc1ncc(Cl)c(N(C=C)C2=C(C)C=C=C=C2)n1. The lowest BCUT2D eigenvalue weighted by Crippen LogP contribution is -2.18. The lowest BCUT2D eigenvalue weighted by atomic mass is 10.1. The minimum absolute atomic E-state index is 0.446. The summed E-state index contributed by atoms with van der Waals surface area (Å²) in [7, 11) is 0. The molecule has 0 radical (unpaired) electrons. The number of nitrogens with one attached hydrogen (secondary N) is 1. The molecule has 4 nitrogen and oxygen atoms in total. The summed E-state index contributed by atoms with van der Waals surface area (Å²) in [6.07, 6.45) is 16.8. The Morgan fingerprint density at radius 3 is 2.79 bits per heavy atom. The second-order valence-corrected chi connectivity index (χ2v) is 6.48. The van der Waals surface area contributed by atoms with Crippen molar-refractivity contribution in [2.75, 3.05) is 16.8 Å². The maximum absolute atomic E-state index is 6.36. The fourth-order valence-corrected chi connectivity index (χ4v) is 2.88. The molecule has 1 aliphatic carbocycles. The van der Waals surface area contributed by atoms with Gasteiger partial charge >= 0.3 is 0 Å². The summed E-state index contributed by atoms with van der Waals surface area (Å²) < 4.78 is 0. The van der Waals surface area contributed by atoms with E-state index in [1.807, 2.05) is 49.1 Å². The van der Waals surface area contributed by atoms with Crippen LogP contribution in [0.4, 0.5) is 11.8 Å². The van der Waals surface area contributed by atoms with E-state index in [9.17, 15) is 0 Å². The minimum atomic E-state index is 0.446. The van der Waals surface area contributed by atoms with Gasteiger partial charge in [0.1, 0.15) is 5.02 Å². The van der Waals surface area contributed by atoms with Crippen molar-refractivity contribution in [2.24, 2.45) is 0 Å². The topological polar surface area (TPSA) is 41.1 Å². The van der Waals surface area contributed by atoms with Crippen LogP contribution in [-0.2, 0) is 0 Å². The third-order valence-electron chi connectivity index (χ3n) is 4.02. The van der Waals surface area contributed by atoms with E-state index in [2.05, 4.69) is 46.0 Å². The van der Waals surface area contributed by atoms with E-state index in [4.69, 9.17) is 11.6 Å². The van der Waals surface area contributed by atoms with Gasteiger partial charge in [-0.15, -0.1) is 0 Å². The van der Waals surface area contributed by atoms with Crippen LogP contribution in [0.1, 0.15) is 26.7 Å². The zero-order chi connectivity index (χ0) is 20.4. The Labute approximate surface area is 172 Å². The van der Waals surface area contributed by atoms with Gasteiger partial charge in [0.15, 0.2) is 5.82 Å². The summed E-state index contributed by atoms with van der Waals surface area (Å²) in [6, 6.07) is 0. The molecule has 1 aliphatic rings. The maximum Gasteiger partial charge on any atom is 0.224 e. The van der Waals surface area contributed by atoms with E-state index < -0.39 is 0 Å². The highest BCUT2D eigenvalue weighted by Crippen LogP contribution is 2.29. The van der Waals surface area contributed by atoms with Gasteiger partial charge in [0, 0.05) is 18.8 Å². The molecule has 5 heteroatoms. The van der Waals surface area contributed by atoms with Gasteiger partial charge in [0.05, 0.1) is 11.9 Å². The van der Waals surface area contributed by atoms with Crippen molar-refractivity contribution in [3.63, 3.8) is 0 Å². The molecule has 0 aromatic carbocycles. The van der Waals surface area contributed by atoms with Gasteiger partial charge in [-0.2, -0.15) is 4.98 Å². The van der Waals surface area contributed by atoms with Gasteiger partial charge in [-0.25, -0.2) is 4.98 Å². The molecular weight excluding hydrogens is 368 g/mol. The van der Waals surface area contributed by atoms with Crippen LogP contribution in [0.15, 0.2) is 90.3 Å². The van der Waals surface area contributed by atoms with Crippen molar-refractivity contribution in [3.8, 4) is 0 Å². The zero-order valence-electron chi connectivity index (χ0n) is 16.4. The van der Waals surface area contributed by atoms with E-state index in [0.29, 0.717) is 16.8 Å². The van der Waals surface area contributed by atoms with Crippen LogP contribution in [0.2, 0.25) is 5.02 Å². The molecule has 0 fully saturated rings. The first kappa shape index (κ1) is 21.3. The molecule has 28 heavy (non-hydrogen) atoms. The molecule has 0 atom stereocenters. The molecule has 1 aromatic rings. The van der Waals surface area contributed by atoms with Crippen LogP contribution in [0.3, 0.4) is 0 Å². The molecule has 0 saturated heterocycles. The molecule has 0 spiro atoms. The monoisotopic (exact) mass is 392 g/mol. The van der Waals surface area contributed by atoms with Crippen LogP contribution in [0.5, 0.6) is 0 Å². The number of aromatic nitrogens is 2. The first-order valence-electron chi connectivity index (χ1n) is 9.11. The molecule has 1 heterocycles. The first-order valence-corrected chi connectivity index (χ1v) is 9.49. The van der Waals surface area contributed by atoms with E-state index in [1.165, 1.54) is 5.57 Å². The molecule has 1 N–H and O–H groups in total. The van der Waals surface area contributed by atoms with Gasteiger partial charge in [-0.1, -0.05) is 60.5 Å². The van der Waals surface area contributed by atoms with Gasteiger partial charge in [0.25, 0.3) is 0 Å². The number of rotatable bonds is 10. The third-order valence-corrected chi connectivity index (χ3v) is 4.29. The van der Waals surface area contributed by atoms with Crippen LogP contribution in [-0.4, -0.2) is 16.5 Å². The molecule has 0 aliphatic heterocycles. The number of allylic oxidation sites excluding steroid dienone is 8. The van der Waals surface area contributed by atoms with Crippen molar-refractivity contribution in [2.45, 2.75) is 26.7 Å². The molecule has 0 bridgehead atoms. The number of halogens is 1. The molecule has 144 valence electrons. The summed E-state index contributed by atoms with van der Waals surface area (Å²) in [6.45, 7) is 12.4. The Hall–Kier alpha value is -3.03. The minimum Gasteiger partial charge on any atom is -0.354 e. The highest BCUT2D eigenvalue weighted by atomic mass is 35.5. The Bertz CT molecular complexity index is 924. The summed E-state index contributed by atoms with van der Waals surface area (Å²) in [5.74, 6) is 1.09.